The van der Waals surface area contributed by atoms with E-state index < -0.39 is 0 Å². The number of thiophene rings is 1. The van der Waals surface area contributed by atoms with Gasteiger partial charge in [-0.25, -0.2) is 9.97 Å². The number of hydrogen-bond acceptors (Lipinski definition) is 5. The van der Waals surface area contributed by atoms with E-state index >= 15 is 0 Å². The molecule has 4 nitrogen and oxygen atoms in total. The quantitative estimate of drug-likeness (QED) is 0.169. The number of benzene rings is 4. The third-order valence-corrected chi connectivity index (χ3v) is 11.4. The average molecular weight is 685 g/mol. The molecule has 246 valence electrons. The molecule has 0 spiro atoms. The molecule has 1 atom stereocenters. The fourth-order valence-corrected chi connectivity index (χ4v) is 8.92. The number of hydrogen-bond donors (Lipinski definition) is 0. The zero-order valence-corrected chi connectivity index (χ0v) is 29.3. The zero-order chi connectivity index (χ0) is 34.6. The summed E-state index contributed by atoms with van der Waals surface area (Å²) in [6, 6.07) is 46.9. The summed E-state index contributed by atoms with van der Waals surface area (Å²) in [5, 5.41) is 6.39. The molecule has 52 heavy (non-hydrogen) atoms. The van der Waals surface area contributed by atoms with Crippen LogP contribution in [0.15, 0.2) is 158 Å². The Morgan fingerprint density at radius 2 is 1.23 bits per heavy atom. The topological polar surface area (TPSA) is 51.6 Å². The van der Waals surface area contributed by atoms with Gasteiger partial charge in [0, 0.05) is 33.3 Å². The lowest BCUT2D eigenvalue weighted by Crippen LogP contribution is -2.06. The highest BCUT2D eigenvalue weighted by molar-refractivity contribution is 7.26. The number of aromatic nitrogens is 4. The summed E-state index contributed by atoms with van der Waals surface area (Å²) in [5.41, 5.74) is 11.6. The predicted molar refractivity (Wildman–Crippen MR) is 218 cm³/mol. The van der Waals surface area contributed by atoms with Gasteiger partial charge in [-0.3, -0.25) is 9.97 Å². The lowest BCUT2D eigenvalue weighted by atomic mass is 9.83. The highest BCUT2D eigenvalue weighted by Gasteiger charge is 2.24. The van der Waals surface area contributed by atoms with Gasteiger partial charge >= 0.3 is 0 Å². The van der Waals surface area contributed by atoms with E-state index in [0.717, 1.165) is 51.5 Å². The Morgan fingerprint density at radius 3 is 1.94 bits per heavy atom. The lowest BCUT2D eigenvalue weighted by molar-refractivity contribution is 0.768. The van der Waals surface area contributed by atoms with E-state index in [1.165, 1.54) is 53.0 Å². The Bertz CT molecular complexity index is 2810. The van der Waals surface area contributed by atoms with Crippen LogP contribution in [0.2, 0.25) is 0 Å². The van der Waals surface area contributed by atoms with Crippen LogP contribution in [-0.2, 0) is 0 Å². The van der Waals surface area contributed by atoms with Crippen LogP contribution in [0.1, 0.15) is 24.6 Å². The van der Waals surface area contributed by atoms with Gasteiger partial charge < -0.3 is 0 Å². The first-order valence-electron chi connectivity index (χ1n) is 17.7. The van der Waals surface area contributed by atoms with E-state index in [1.807, 2.05) is 47.7 Å². The van der Waals surface area contributed by atoms with Crippen molar-refractivity contribution in [2.75, 3.05) is 0 Å². The number of fused-ring (bicyclic) bond motifs is 7. The molecular formula is C47H32N4S. The predicted octanol–water partition coefficient (Wildman–Crippen LogP) is 12.4. The van der Waals surface area contributed by atoms with Crippen molar-refractivity contribution >= 4 is 64.3 Å². The standard InChI is InChI=1S/C47H32N4S/c1-29-26-33(30-16-18-31(19-17-30)34-27-41(38-13-6-8-24-48-38)50-42(28-34)39-14-7-9-25-49-39)20-22-35(29)46-47-45(37-12-4-5-15-43(37)52-47)44-36-11-3-2-10-32(36)21-23-40(44)51-46/h2-25,27-29H,26H2,1H3. The maximum absolute atomic E-state index is 5.42. The number of allylic oxidation sites excluding steroid dienone is 4. The minimum absolute atomic E-state index is 0.306. The van der Waals surface area contributed by atoms with Crippen molar-refractivity contribution in [1.82, 2.24) is 19.9 Å². The summed E-state index contributed by atoms with van der Waals surface area (Å²) in [6.07, 6.45) is 9.18. The van der Waals surface area contributed by atoms with Crippen LogP contribution in [0, 0.1) is 5.92 Å². The van der Waals surface area contributed by atoms with E-state index in [4.69, 9.17) is 9.97 Å². The molecule has 9 aromatic rings. The minimum atomic E-state index is 0.306. The van der Waals surface area contributed by atoms with Crippen molar-refractivity contribution in [3.05, 3.63) is 169 Å². The summed E-state index contributed by atoms with van der Waals surface area (Å²) in [6.45, 7) is 2.34. The maximum Gasteiger partial charge on any atom is 0.0900 e. The summed E-state index contributed by atoms with van der Waals surface area (Å²) < 4.78 is 2.58. The van der Waals surface area contributed by atoms with Crippen LogP contribution in [0.5, 0.6) is 0 Å². The van der Waals surface area contributed by atoms with Crippen molar-refractivity contribution in [1.29, 1.82) is 0 Å². The molecule has 10 rings (SSSR count). The van der Waals surface area contributed by atoms with Gasteiger partial charge in [-0.05, 0) is 99.5 Å². The van der Waals surface area contributed by atoms with Crippen molar-refractivity contribution in [2.45, 2.75) is 13.3 Å². The Labute approximate surface area is 305 Å². The fraction of sp³-hybridized carbons (Fsp3) is 0.0638. The minimum Gasteiger partial charge on any atom is -0.255 e. The Balaban J connectivity index is 1.04. The largest absolute Gasteiger partial charge is 0.255 e. The van der Waals surface area contributed by atoms with Crippen LogP contribution >= 0.6 is 11.3 Å². The number of nitrogens with zero attached hydrogens (tertiary/aromatic N) is 4. The Morgan fingerprint density at radius 1 is 0.558 bits per heavy atom. The molecule has 1 aliphatic rings. The molecule has 1 unspecified atom stereocenters. The zero-order valence-electron chi connectivity index (χ0n) is 28.5. The monoisotopic (exact) mass is 684 g/mol. The van der Waals surface area contributed by atoms with Gasteiger partial charge in [0.05, 0.1) is 38.7 Å². The second-order valence-corrected chi connectivity index (χ2v) is 14.5. The Hall–Kier alpha value is -6.30. The van der Waals surface area contributed by atoms with Gasteiger partial charge in [0.25, 0.3) is 0 Å². The highest BCUT2D eigenvalue weighted by Crippen LogP contribution is 2.46. The number of pyridine rings is 4. The molecule has 0 saturated heterocycles. The van der Waals surface area contributed by atoms with Crippen LogP contribution in [0.4, 0.5) is 0 Å². The number of rotatable bonds is 5. The summed E-state index contributed by atoms with van der Waals surface area (Å²) in [7, 11) is 0. The van der Waals surface area contributed by atoms with Crippen molar-refractivity contribution in [3.63, 3.8) is 0 Å². The molecule has 0 fully saturated rings. The molecule has 0 aliphatic heterocycles. The molecule has 5 heteroatoms. The highest BCUT2D eigenvalue weighted by atomic mass is 32.1. The molecule has 0 radical (unpaired) electrons. The van der Waals surface area contributed by atoms with Crippen LogP contribution in [-0.4, -0.2) is 19.9 Å². The van der Waals surface area contributed by atoms with Crippen molar-refractivity contribution < 1.29 is 0 Å². The van der Waals surface area contributed by atoms with E-state index in [0.29, 0.717) is 5.92 Å². The van der Waals surface area contributed by atoms with Gasteiger partial charge in [0.1, 0.15) is 0 Å². The smallest absolute Gasteiger partial charge is 0.0900 e. The first-order chi connectivity index (χ1) is 25.7. The van der Waals surface area contributed by atoms with Gasteiger partial charge in [-0.1, -0.05) is 104 Å². The molecular weight excluding hydrogens is 653 g/mol. The van der Waals surface area contributed by atoms with Gasteiger partial charge in [-0.15, -0.1) is 11.3 Å². The Kier molecular flexibility index (Phi) is 7.33. The van der Waals surface area contributed by atoms with Crippen LogP contribution in [0.25, 0.3) is 86.9 Å². The fourth-order valence-electron chi connectivity index (χ4n) is 7.70. The van der Waals surface area contributed by atoms with Crippen LogP contribution in [0.3, 0.4) is 0 Å². The molecule has 0 N–H and O–H groups in total. The molecule has 4 aromatic carbocycles. The first kappa shape index (κ1) is 30.5. The van der Waals surface area contributed by atoms with Crippen LogP contribution < -0.4 is 0 Å². The summed E-state index contributed by atoms with van der Waals surface area (Å²) in [4.78, 5) is 19.5. The van der Waals surface area contributed by atoms with Crippen molar-refractivity contribution in [2.24, 2.45) is 5.92 Å². The van der Waals surface area contributed by atoms with E-state index in [9.17, 15) is 0 Å². The summed E-state index contributed by atoms with van der Waals surface area (Å²) in [5.74, 6) is 0.306. The van der Waals surface area contributed by atoms with Gasteiger partial charge in [-0.2, -0.15) is 0 Å². The van der Waals surface area contributed by atoms with Crippen molar-refractivity contribution in [3.8, 4) is 33.9 Å². The van der Waals surface area contributed by atoms with Gasteiger partial charge in [0.15, 0.2) is 0 Å². The summed E-state index contributed by atoms with van der Waals surface area (Å²) >= 11 is 1.87. The normalized spacial score (nSPS) is 14.6. The van der Waals surface area contributed by atoms with Gasteiger partial charge in [0.2, 0.25) is 0 Å². The van der Waals surface area contributed by atoms with E-state index in [1.54, 1.807) is 12.4 Å². The third-order valence-electron chi connectivity index (χ3n) is 10.3. The van der Waals surface area contributed by atoms with E-state index in [2.05, 4.69) is 126 Å². The first-order valence-corrected chi connectivity index (χ1v) is 18.5. The molecule has 0 saturated carbocycles. The average Bonchev–Trinajstić information content (AvgIpc) is 3.61. The molecule has 5 aromatic heterocycles. The second-order valence-electron chi connectivity index (χ2n) is 13.5. The maximum atomic E-state index is 5.42. The molecule has 0 bridgehead atoms. The molecule has 5 heterocycles. The lowest BCUT2D eigenvalue weighted by Gasteiger charge is -2.23. The second kappa shape index (κ2) is 12.5. The third kappa shape index (κ3) is 5.21. The SMILES string of the molecule is CC1CC(c2ccc(-c3cc(-c4ccccn4)nc(-c4ccccn4)c3)cc2)=CC=C1c1nc2ccc3ccccc3c2c2c1sc1ccccc12. The molecule has 0 amide bonds. The van der Waals surface area contributed by atoms with E-state index in [-0.39, 0.29) is 0 Å². The molecule has 1 aliphatic carbocycles.